The lowest BCUT2D eigenvalue weighted by molar-refractivity contribution is 0.439. The Bertz CT molecular complexity index is 1570. The number of furan rings is 1. The predicted molar refractivity (Wildman–Crippen MR) is 155 cm³/mol. The van der Waals surface area contributed by atoms with Gasteiger partial charge in [-0.05, 0) is 91.4 Å². The third-order valence-electron chi connectivity index (χ3n) is 6.57. The minimum absolute atomic E-state index is 0.204. The van der Waals surface area contributed by atoms with Crippen LogP contribution in [0.5, 0.6) is 11.5 Å². The van der Waals surface area contributed by atoms with E-state index in [2.05, 4.69) is 15.2 Å². The van der Waals surface area contributed by atoms with E-state index in [1.807, 2.05) is 110 Å². The normalized spacial score (nSPS) is 16.9. The van der Waals surface area contributed by atoms with Crippen molar-refractivity contribution in [1.82, 2.24) is 10.3 Å². The molecule has 1 aliphatic rings. The smallest absolute Gasteiger partial charge is 0.174 e. The number of aromatic nitrogens is 1. The minimum atomic E-state index is -0.257. The summed E-state index contributed by atoms with van der Waals surface area (Å²) < 4.78 is 12.4. The molecule has 0 saturated carbocycles. The molecule has 2 aromatic heterocycles. The van der Waals surface area contributed by atoms with E-state index in [0.717, 1.165) is 45.5 Å². The Labute approximate surface area is 231 Å². The lowest BCUT2D eigenvalue weighted by Gasteiger charge is -2.26. The van der Waals surface area contributed by atoms with Gasteiger partial charge in [-0.1, -0.05) is 48.0 Å². The van der Waals surface area contributed by atoms with Gasteiger partial charge < -0.3 is 19.4 Å². The predicted octanol–water partition coefficient (Wildman–Crippen LogP) is 8.27. The van der Waals surface area contributed by atoms with Crippen LogP contribution in [0.3, 0.4) is 0 Å². The van der Waals surface area contributed by atoms with Gasteiger partial charge in [0.1, 0.15) is 29.1 Å². The molecule has 0 spiro atoms. The van der Waals surface area contributed by atoms with Crippen molar-refractivity contribution < 1.29 is 9.15 Å². The number of anilines is 1. The van der Waals surface area contributed by atoms with Gasteiger partial charge in [-0.2, -0.15) is 0 Å². The van der Waals surface area contributed by atoms with Crippen molar-refractivity contribution >= 4 is 34.6 Å². The van der Waals surface area contributed by atoms with Gasteiger partial charge in [0.2, 0.25) is 0 Å². The Morgan fingerprint density at radius 3 is 2.39 bits per heavy atom. The number of halogens is 1. The average molecular weight is 538 g/mol. The van der Waals surface area contributed by atoms with E-state index in [9.17, 15) is 0 Å². The number of aryl methyl sites for hydroxylation is 1. The molecule has 5 aromatic rings. The third kappa shape index (κ3) is 4.76. The minimum Gasteiger partial charge on any atom is -0.459 e. The molecule has 38 heavy (non-hydrogen) atoms. The molecule has 0 bridgehead atoms. The molecule has 1 aliphatic heterocycles. The van der Waals surface area contributed by atoms with Crippen LogP contribution in [0.4, 0.5) is 5.69 Å². The summed E-state index contributed by atoms with van der Waals surface area (Å²) in [5.41, 5.74) is 3.74. The maximum atomic E-state index is 6.45. The SMILES string of the molecule is Cc1ccc(-c2ccc(C3C(c4ccccn4)NC(=S)N3c3ccc(Oc4ccccc4)cc3)o2)cc1Cl. The Morgan fingerprint density at radius 2 is 1.66 bits per heavy atom. The number of pyridine rings is 1. The van der Waals surface area contributed by atoms with E-state index in [-0.39, 0.29) is 12.1 Å². The van der Waals surface area contributed by atoms with Crippen molar-refractivity contribution in [1.29, 1.82) is 0 Å². The van der Waals surface area contributed by atoms with Crippen molar-refractivity contribution in [2.45, 2.75) is 19.0 Å². The van der Waals surface area contributed by atoms with Crippen molar-refractivity contribution in [2.75, 3.05) is 4.90 Å². The van der Waals surface area contributed by atoms with E-state index in [1.165, 1.54) is 0 Å². The number of para-hydroxylation sites is 1. The summed E-state index contributed by atoms with van der Waals surface area (Å²) in [6.07, 6.45) is 1.79. The van der Waals surface area contributed by atoms with Crippen LogP contribution in [-0.2, 0) is 0 Å². The molecule has 3 aromatic carbocycles. The Morgan fingerprint density at radius 1 is 0.895 bits per heavy atom. The Hall–Kier alpha value is -4.13. The highest BCUT2D eigenvalue weighted by Crippen LogP contribution is 2.43. The van der Waals surface area contributed by atoms with Crippen LogP contribution in [0.25, 0.3) is 11.3 Å². The molecule has 7 heteroatoms. The van der Waals surface area contributed by atoms with Gasteiger partial charge in [-0.15, -0.1) is 0 Å². The number of hydrogen-bond donors (Lipinski definition) is 1. The maximum Gasteiger partial charge on any atom is 0.174 e. The van der Waals surface area contributed by atoms with Crippen LogP contribution in [-0.4, -0.2) is 10.1 Å². The van der Waals surface area contributed by atoms with Crippen LogP contribution in [0, 0.1) is 6.92 Å². The van der Waals surface area contributed by atoms with Gasteiger partial charge in [0.05, 0.1) is 11.7 Å². The Balaban J connectivity index is 1.36. The molecular weight excluding hydrogens is 514 g/mol. The van der Waals surface area contributed by atoms with Crippen molar-refractivity contribution in [3.63, 3.8) is 0 Å². The first-order chi connectivity index (χ1) is 18.6. The number of benzene rings is 3. The summed E-state index contributed by atoms with van der Waals surface area (Å²) in [4.78, 5) is 6.69. The highest BCUT2D eigenvalue weighted by atomic mass is 35.5. The molecule has 5 nitrogen and oxygen atoms in total. The van der Waals surface area contributed by atoms with Gasteiger partial charge in [0.15, 0.2) is 5.11 Å². The van der Waals surface area contributed by atoms with Crippen LogP contribution in [0.2, 0.25) is 5.02 Å². The van der Waals surface area contributed by atoms with Crippen molar-refractivity contribution in [2.24, 2.45) is 0 Å². The zero-order valence-electron chi connectivity index (χ0n) is 20.5. The monoisotopic (exact) mass is 537 g/mol. The molecule has 1 saturated heterocycles. The molecule has 0 amide bonds. The second kappa shape index (κ2) is 10.3. The number of nitrogens with zero attached hydrogens (tertiary/aromatic N) is 2. The van der Waals surface area contributed by atoms with Gasteiger partial charge >= 0.3 is 0 Å². The van der Waals surface area contributed by atoms with Gasteiger partial charge in [-0.25, -0.2) is 0 Å². The third-order valence-corrected chi connectivity index (χ3v) is 7.29. The lowest BCUT2D eigenvalue weighted by atomic mass is 10.0. The molecule has 6 rings (SSSR count). The molecule has 2 unspecified atom stereocenters. The Kier molecular flexibility index (Phi) is 6.58. The number of nitrogens with one attached hydrogen (secondary N) is 1. The van der Waals surface area contributed by atoms with Crippen molar-refractivity contribution in [3.05, 3.63) is 131 Å². The second-order valence-electron chi connectivity index (χ2n) is 9.07. The summed E-state index contributed by atoms with van der Waals surface area (Å²) >= 11 is 12.2. The summed E-state index contributed by atoms with van der Waals surface area (Å²) in [5, 5.41) is 4.77. The molecule has 188 valence electrons. The quantitative estimate of drug-likeness (QED) is 0.220. The van der Waals surface area contributed by atoms with Crippen LogP contribution >= 0.6 is 23.8 Å². The van der Waals surface area contributed by atoms with Crippen LogP contribution < -0.4 is 15.0 Å². The van der Waals surface area contributed by atoms with E-state index >= 15 is 0 Å². The maximum absolute atomic E-state index is 6.45. The molecule has 0 radical (unpaired) electrons. The van der Waals surface area contributed by atoms with Crippen LogP contribution in [0.15, 0.2) is 114 Å². The van der Waals surface area contributed by atoms with E-state index in [4.69, 9.17) is 33.0 Å². The molecular formula is C31H24ClN3O2S. The summed E-state index contributed by atoms with van der Waals surface area (Å²) in [5.74, 6) is 3.04. The van der Waals surface area contributed by atoms with E-state index in [0.29, 0.717) is 10.1 Å². The number of thiocarbonyl (C=S) groups is 1. The first kappa shape index (κ1) is 24.2. The van der Waals surface area contributed by atoms with Gasteiger partial charge in [0.25, 0.3) is 0 Å². The molecule has 2 atom stereocenters. The largest absolute Gasteiger partial charge is 0.459 e. The van der Waals surface area contributed by atoms with Gasteiger partial charge in [0, 0.05) is 22.5 Å². The van der Waals surface area contributed by atoms with E-state index in [1.54, 1.807) is 6.20 Å². The fraction of sp³-hybridized carbons (Fsp3) is 0.0968. The summed E-state index contributed by atoms with van der Waals surface area (Å²) in [6, 6.07) is 32.9. The fourth-order valence-electron chi connectivity index (χ4n) is 4.63. The standard InChI is InChI=1S/C31H24ClN3O2S/c1-20-10-11-21(19-25(20)32)27-16-17-28(37-27)30-29(26-9-5-6-18-33-26)34-31(38)35(30)22-12-14-24(15-13-22)36-23-7-3-2-4-8-23/h2-19,29-30H,1H3,(H,34,38). The van der Waals surface area contributed by atoms with Crippen molar-refractivity contribution in [3.8, 4) is 22.8 Å². The van der Waals surface area contributed by atoms with Crippen LogP contribution in [0.1, 0.15) is 29.1 Å². The fourth-order valence-corrected chi connectivity index (χ4v) is 5.16. The van der Waals surface area contributed by atoms with E-state index < -0.39 is 0 Å². The van der Waals surface area contributed by atoms with Gasteiger partial charge in [-0.3, -0.25) is 4.98 Å². The topological polar surface area (TPSA) is 50.5 Å². The highest BCUT2D eigenvalue weighted by Gasteiger charge is 2.42. The molecule has 1 fully saturated rings. The number of ether oxygens (including phenoxy) is 1. The molecule has 0 aliphatic carbocycles. The highest BCUT2D eigenvalue weighted by molar-refractivity contribution is 7.80. The molecule has 3 heterocycles. The first-order valence-electron chi connectivity index (χ1n) is 12.3. The summed E-state index contributed by atoms with van der Waals surface area (Å²) in [7, 11) is 0. The summed E-state index contributed by atoms with van der Waals surface area (Å²) in [6.45, 7) is 1.98. The lowest BCUT2D eigenvalue weighted by Crippen LogP contribution is -2.29. The average Bonchev–Trinajstić information content (AvgIpc) is 3.56. The number of rotatable bonds is 6. The first-order valence-corrected chi connectivity index (χ1v) is 13.1. The zero-order chi connectivity index (χ0) is 26.1. The zero-order valence-corrected chi connectivity index (χ0v) is 22.1. The molecule has 1 N–H and O–H groups in total. The second-order valence-corrected chi connectivity index (χ2v) is 9.87. The number of hydrogen-bond acceptors (Lipinski definition) is 4.